The van der Waals surface area contributed by atoms with Crippen LogP contribution in [0.5, 0.6) is 0 Å². The molecule has 1 aromatic heterocycles. The molecule has 2 aromatic rings. The average molecular weight is 419 g/mol. The number of quaternary nitrogens is 1. The number of anilines is 1. The number of benzene rings is 1. The van der Waals surface area contributed by atoms with E-state index in [-0.39, 0.29) is 16.5 Å². The lowest BCUT2D eigenvalue weighted by Gasteiger charge is -2.33. The number of carbonyl (C=O) groups excluding carboxylic acids is 1. The monoisotopic (exact) mass is 418 g/mol. The number of halogens is 1. The summed E-state index contributed by atoms with van der Waals surface area (Å²) >= 11 is 6.40. The third-order valence-corrected chi connectivity index (χ3v) is 5.52. The quantitative estimate of drug-likeness (QED) is 0.696. The van der Waals surface area contributed by atoms with Crippen LogP contribution in [-0.2, 0) is 4.79 Å². The van der Waals surface area contributed by atoms with Gasteiger partial charge in [-0.2, -0.15) is 9.78 Å². The van der Waals surface area contributed by atoms with Gasteiger partial charge in [0.2, 0.25) is 0 Å². The molecule has 0 unspecified atom stereocenters. The molecule has 1 aliphatic heterocycles. The molecule has 0 radical (unpaired) electrons. The van der Waals surface area contributed by atoms with Crippen molar-refractivity contribution in [3.05, 3.63) is 51.9 Å². The summed E-state index contributed by atoms with van der Waals surface area (Å²) in [7, 11) is 0. The zero-order chi connectivity index (χ0) is 20.8. The molecule has 3 rings (SSSR count). The molecular formula is C21H29ClN5O2+. The van der Waals surface area contributed by atoms with Crippen molar-refractivity contribution in [1.82, 2.24) is 15.1 Å². The molecule has 0 bridgehead atoms. The van der Waals surface area contributed by atoms with Crippen LogP contribution in [0.25, 0.3) is 5.69 Å². The minimum absolute atomic E-state index is 0.0965. The van der Waals surface area contributed by atoms with Crippen LogP contribution in [0.3, 0.4) is 0 Å². The third-order valence-electron chi connectivity index (χ3n) is 5.17. The van der Waals surface area contributed by atoms with Crippen LogP contribution in [0.2, 0.25) is 5.02 Å². The first-order valence-corrected chi connectivity index (χ1v) is 10.5. The minimum Gasteiger partial charge on any atom is -0.358 e. The lowest BCUT2D eigenvalue weighted by atomic mass is 10.1. The smallest absolute Gasteiger partial charge is 0.292 e. The van der Waals surface area contributed by atoms with Gasteiger partial charge in [0.15, 0.2) is 6.54 Å². The molecule has 1 aromatic carbocycles. The number of aromatic nitrogens is 2. The van der Waals surface area contributed by atoms with Crippen molar-refractivity contribution < 1.29 is 9.69 Å². The Morgan fingerprint density at radius 2 is 1.93 bits per heavy atom. The van der Waals surface area contributed by atoms with E-state index >= 15 is 0 Å². The number of para-hydroxylation sites is 1. The second-order valence-corrected chi connectivity index (χ2v) is 8.22. The molecule has 0 spiro atoms. The highest BCUT2D eigenvalue weighted by Gasteiger charge is 2.25. The molecular weight excluding hydrogens is 390 g/mol. The largest absolute Gasteiger partial charge is 0.358 e. The van der Waals surface area contributed by atoms with Crippen molar-refractivity contribution in [1.29, 1.82) is 0 Å². The van der Waals surface area contributed by atoms with Crippen LogP contribution in [0, 0.1) is 5.92 Å². The molecule has 1 aliphatic rings. The number of rotatable bonds is 7. The Labute approximate surface area is 176 Å². The van der Waals surface area contributed by atoms with Crippen LogP contribution in [0.4, 0.5) is 5.69 Å². The van der Waals surface area contributed by atoms with E-state index in [2.05, 4.69) is 29.2 Å². The fraction of sp³-hybridized carbons (Fsp3) is 0.476. The topological polar surface area (TPSA) is 71.7 Å². The van der Waals surface area contributed by atoms with E-state index in [1.165, 1.54) is 9.58 Å². The molecule has 29 heavy (non-hydrogen) atoms. The van der Waals surface area contributed by atoms with Gasteiger partial charge in [-0.15, -0.1) is 0 Å². The second-order valence-electron chi connectivity index (χ2n) is 7.84. The van der Waals surface area contributed by atoms with E-state index < -0.39 is 0 Å². The van der Waals surface area contributed by atoms with Gasteiger partial charge >= 0.3 is 0 Å². The summed E-state index contributed by atoms with van der Waals surface area (Å²) in [5.41, 5.74) is 1.02. The highest BCUT2D eigenvalue weighted by Crippen LogP contribution is 2.21. The highest BCUT2D eigenvalue weighted by molar-refractivity contribution is 6.33. The van der Waals surface area contributed by atoms with E-state index in [9.17, 15) is 9.59 Å². The second kappa shape index (κ2) is 9.89. The predicted molar refractivity (Wildman–Crippen MR) is 115 cm³/mol. The van der Waals surface area contributed by atoms with Crippen molar-refractivity contribution in [3.8, 4) is 5.69 Å². The maximum absolute atomic E-state index is 12.7. The molecule has 156 valence electrons. The lowest BCUT2D eigenvalue weighted by molar-refractivity contribution is -0.892. The summed E-state index contributed by atoms with van der Waals surface area (Å²) in [5.74, 6) is 0.682. The van der Waals surface area contributed by atoms with Crippen LogP contribution in [-0.4, -0.2) is 55.0 Å². The Morgan fingerprint density at radius 1 is 1.24 bits per heavy atom. The summed E-state index contributed by atoms with van der Waals surface area (Å²) in [6.45, 7) is 8.59. The number of amides is 1. The van der Waals surface area contributed by atoms with Crippen molar-refractivity contribution in [2.75, 3.05) is 44.2 Å². The van der Waals surface area contributed by atoms with Gasteiger partial charge in [-0.05, 0) is 24.5 Å². The van der Waals surface area contributed by atoms with Gasteiger partial charge in [0.25, 0.3) is 11.5 Å². The molecule has 0 aliphatic carbocycles. The zero-order valence-electron chi connectivity index (χ0n) is 17.0. The number of hydrogen-bond acceptors (Lipinski definition) is 4. The standard InChI is InChI=1S/C21H28ClN5O2/c1-16(2)8-9-23-19(28)15-25-10-12-26(13-11-25)18-14-24-27(21(29)20(18)22)17-6-4-3-5-7-17/h3-7,14,16H,8-13,15H2,1-2H3,(H,23,28)/p+1. The van der Waals surface area contributed by atoms with Crippen LogP contribution < -0.4 is 20.7 Å². The third kappa shape index (κ3) is 5.58. The number of piperazine rings is 1. The normalized spacial score (nSPS) is 15.0. The zero-order valence-corrected chi connectivity index (χ0v) is 17.8. The molecule has 7 nitrogen and oxygen atoms in total. The van der Waals surface area contributed by atoms with Crippen LogP contribution >= 0.6 is 11.6 Å². The minimum atomic E-state index is -0.324. The van der Waals surface area contributed by atoms with Crippen molar-refractivity contribution in [2.24, 2.45) is 5.92 Å². The van der Waals surface area contributed by atoms with Crippen LogP contribution in [0.15, 0.2) is 41.3 Å². The number of nitrogens with zero attached hydrogens (tertiary/aromatic N) is 3. The molecule has 1 saturated heterocycles. The van der Waals surface area contributed by atoms with E-state index in [1.807, 2.05) is 30.3 Å². The summed E-state index contributed by atoms with van der Waals surface area (Å²) in [6.07, 6.45) is 2.65. The molecule has 0 saturated carbocycles. The molecule has 0 atom stereocenters. The first-order valence-electron chi connectivity index (χ1n) is 10.1. The van der Waals surface area contributed by atoms with E-state index in [4.69, 9.17) is 11.6 Å². The summed E-state index contributed by atoms with van der Waals surface area (Å²) < 4.78 is 1.31. The maximum atomic E-state index is 12.7. The molecule has 1 fully saturated rings. The van der Waals surface area contributed by atoms with E-state index in [1.54, 1.807) is 6.20 Å². The maximum Gasteiger partial charge on any atom is 0.292 e. The van der Waals surface area contributed by atoms with Gasteiger partial charge < -0.3 is 15.1 Å². The number of nitrogens with one attached hydrogen (secondary N) is 2. The predicted octanol–water partition coefficient (Wildman–Crippen LogP) is 0.753. The van der Waals surface area contributed by atoms with Gasteiger partial charge in [0.05, 0.1) is 43.8 Å². The highest BCUT2D eigenvalue weighted by atomic mass is 35.5. The Morgan fingerprint density at radius 3 is 2.59 bits per heavy atom. The van der Waals surface area contributed by atoms with E-state index in [0.29, 0.717) is 23.8 Å². The van der Waals surface area contributed by atoms with E-state index in [0.717, 1.165) is 39.1 Å². The molecule has 1 amide bonds. The summed E-state index contributed by atoms with van der Waals surface area (Å²) in [6, 6.07) is 9.23. The summed E-state index contributed by atoms with van der Waals surface area (Å²) in [5, 5.41) is 7.48. The first kappa shape index (κ1) is 21.3. The molecule has 2 heterocycles. The first-order chi connectivity index (χ1) is 14.0. The van der Waals surface area contributed by atoms with Crippen molar-refractivity contribution in [3.63, 3.8) is 0 Å². The molecule has 8 heteroatoms. The van der Waals surface area contributed by atoms with Crippen molar-refractivity contribution >= 4 is 23.2 Å². The van der Waals surface area contributed by atoms with Gasteiger partial charge in [-0.1, -0.05) is 43.6 Å². The number of carbonyl (C=O) groups is 1. The van der Waals surface area contributed by atoms with Gasteiger partial charge in [-0.3, -0.25) is 9.59 Å². The van der Waals surface area contributed by atoms with Crippen LogP contribution in [0.1, 0.15) is 20.3 Å². The molecule has 2 N–H and O–H groups in total. The van der Waals surface area contributed by atoms with Gasteiger partial charge in [-0.25, -0.2) is 0 Å². The lowest BCUT2D eigenvalue weighted by Crippen LogP contribution is -3.16. The average Bonchev–Trinajstić information content (AvgIpc) is 2.71. The summed E-state index contributed by atoms with van der Waals surface area (Å²) in [4.78, 5) is 28.1. The van der Waals surface area contributed by atoms with Gasteiger partial charge in [0, 0.05) is 6.54 Å². The fourth-order valence-corrected chi connectivity index (χ4v) is 3.68. The number of hydrogen-bond donors (Lipinski definition) is 2. The Kier molecular flexibility index (Phi) is 7.28. The Hall–Kier alpha value is -2.38. The van der Waals surface area contributed by atoms with Gasteiger partial charge in [0.1, 0.15) is 5.02 Å². The van der Waals surface area contributed by atoms with Crippen molar-refractivity contribution in [2.45, 2.75) is 20.3 Å². The Balaban J connectivity index is 1.58. The SMILES string of the molecule is CC(C)CCNC(=O)C[NH+]1CCN(c2cnn(-c3ccccc3)c(=O)c2Cl)CC1. The Bertz CT molecular complexity index is 876. The fourth-order valence-electron chi connectivity index (χ4n) is 3.43.